The lowest BCUT2D eigenvalue weighted by molar-refractivity contribution is -0.138. The molecule has 1 aliphatic heterocycles. The van der Waals surface area contributed by atoms with Gasteiger partial charge in [0, 0.05) is 6.54 Å². The minimum Gasteiger partial charge on any atom is -0.334 e. The molecule has 14 heteroatoms. The Morgan fingerprint density at radius 1 is 1.34 bits per heavy atom. The Morgan fingerprint density at radius 2 is 1.94 bits per heavy atom. The molecule has 0 atom stereocenters. The zero-order valence-corrected chi connectivity index (χ0v) is 18.8. The number of carbonyl (C=O) groups is 2. The SMILES string of the molecule is Cc1c(N2C(=O)C(C)(C)N(CCCS(=O)(=O)OC(N)=O)C2=S)ccc(C#N)c1C(F)(F)F. The average Bonchev–Trinajstić information content (AvgIpc) is 2.79. The predicted molar refractivity (Wildman–Crippen MR) is 111 cm³/mol. The topological polar surface area (TPSA) is 134 Å². The first-order valence-electron chi connectivity index (χ1n) is 9.03. The Hall–Kier alpha value is -2.92. The maximum Gasteiger partial charge on any atom is 0.420 e. The molecule has 1 saturated heterocycles. The third-order valence-corrected chi connectivity index (χ3v) is 6.50. The van der Waals surface area contributed by atoms with Gasteiger partial charge < -0.3 is 14.8 Å². The number of primary amides is 1. The lowest BCUT2D eigenvalue weighted by Crippen LogP contribution is -2.45. The second-order valence-corrected chi connectivity index (χ2v) is 9.45. The van der Waals surface area contributed by atoms with Crippen molar-refractivity contribution in [1.82, 2.24) is 4.90 Å². The van der Waals surface area contributed by atoms with E-state index in [1.165, 1.54) is 30.9 Å². The molecule has 0 saturated carbocycles. The van der Waals surface area contributed by atoms with E-state index in [0.29, 0.717) is 0 Å². The number of benzene rings is 1. The zero-order chi connectivity index (χ0) is 24.6. The van der Waals surface area contributed by atoms with Crippen molar-refractivity contribution < 1.29 is 35.4 Å². The van der Waals surface area contributed by atoms with Gasteiger partial charge in [0.15, 0.2) is 5.11 Å². The molecule has 9 nitrogen and oxygen atoms in total. The van der Waals surface area contributed by atoms with Gasteiger partial charge in [0.1, 0.15) is 5.54 Å². The predicted octanol–water partition coefficient (Wildman–Crippen LogP) is 2.41. The third-order valence-electron chi connectivity index (χ3n) is 4.89. The first-order chi connectivity index (χ1) is 14.5. The molecule has 0 radical (unpaired) electrons. The van der Waals surface area contributed by atoms with E-state index < -0.39 is 50.7 Å². The van der Waals surface area contributed by atoms with Crippen molar-refractivity contribution in [2.24, 2.45) is 5.73 Å². The highest BCUT2D eigenvalue weighted by Crippen LogP contribution is 2.41. The van der Waals surface area contributed by atoms with Gasteiger partial charge in [0.25, 0.3) is 5.91 Å². The maximum absolute atomic E-state index is 13.6. The van der Waals surface area contributed by atoms with Crippen LogP contribution in [0.2, 0.25) is 0 Å². The van der Waals surface area contributed by atoms with E-state index in [4.69, 9.17) is 23.2 Å². The van der Waals surface area contributed by atoms with Crippen LogP contribution < -0.4 is 10.6 Å². The lowest BCUT2D eigenvalue weighted by Gasteiger charge is -2.29. The smallest absolute Gasteiger partial charge is 0.334 e. The van der Waals surface area contributed by atoms with Gasteiger partial charge in [0.2, 0.25) is 0 Å². The number of nitriles is 1. The van der Waals surface area contributed by atoms with E-state index >= 15 is 0 Å². The van der Waals surface area contributed by atoms with Crippen molar-refractivity contribution in [3.63, 3.8) is 0 Å². The van der Waals surface area contributed by atoms with Gasteiger partial charge in [-0.25, -0.2) is 4.79 Å². The summed E-state index contributed by atoms with van der Waals surface area (Å²) in [5.74, 6) is -1.23. The Labute approximate surface area is 187 Å². The molecule has 1 aromatic rings. The van der Waals surface area contributed by atoms with Crippen LogP contribution in [0.4, 0.5) is 23.7 Å². The van der Waals surface area contributed by atoms with Crippen molar-refractivity contribution in [2.75, 3.05) is 17.2 Å². The van der Waals surface area contributed by atoms with Gasteiger partial charge in [-0.3, -0.25) is 9.69 Å². The van der Waals surface area contributed by atoms with Gasteiger partial charge in [-0.15, -0.1) is 0 Å². The molecule has 0 bridgehead atoms. The van der Waals surface area contributed by atoms with Crippen LogP contribution in [0.1, 0.15) is 37.0 Å². The summed E-state index contributed by atoms with van der Waals surface area (Å²) in [5, 5.41) is 8.93. The van der Waals surface area contributed by atoms with Gasteiger partial charge in [0.05, 0.1) is 28.6 Å². The summed E-state index contributed by atoms with van der Waals surface area (Å²) >= 11 is 5.33. The second kappa shape index (κ2) is 8.55. The summed E-state index contributed by atoms with van der Waals surface area (Å²) in [4.78, 5) is 26.0. The molecule has 174 valence electrons. The highest BCUT2D eigenvalue weighted by molar-refractivity contribution is 7.87. The summed E-state index contributed by atoms with van der Waals surface area (Å²) in [6.07, 6.45) is -6.43. The van der Waals surface area contributed by atoms with Crippen molar-refractivity contribution in [3.8, 4) is 6.07 Å². The average molecular weight is 493 g/mol. The first kappa shape index (κ1) is 25.3. The monoisotopic (exact) mass is 492 g/mol. The fourth-order valence-corrected chi connectivity index (χ4v) is 4.71. The normalized spacial score (nSPS) is 16.3. The number of carbonyl (C=O) groups excluding carboxylic acids is 2. The number of hydrogen-bond donors (Lipinski definition) is 1. The molecule has 1 aromatic carbocycles. The van der Waals surface area contributed by atoms with Gasteiger partial charge in [-0.2, -0.15) is 26.9 Å². The Balaban J connectivity index is 2.39. The van der Waals surface area contributed by atoms with Crippen LogP contribution >= 0.6 is 12.2 Å². The molecule has 2 amide bonds. The summed E-state index contributed by atoms with van der Waals surface area (Å²) in [5.41, 5.74) is 1.16. The number of rotatable bonds is 6. The number of nitrogens with two attached hydrogens (primary N) is 1. The van der Waals surface area contributed by atoms with Gasteiger partial charge in [-0.1, -0.05) is 0 Å². The molecule has 2 N–H and O–H groups in total. The molecular formula is C18H19F3N4O5S2. The fourth-order valence-electron chi connectivity index (χ4n) is 3.39. The van der Waals surface area contributed by atoms with Crippen molar-refractivity contribution in [3.05, 3.63) is 28.8 Å². The van der Waals surface area contributed by atoms with Crippen LogP contribution in [0.15, 0.2) is 12.1 Å². The standard InChI is InChI=1S/C18H19F3N4O5S2/c1-10-12(6-5-11(9-22)13(10)18(19,20)21)25-14(26)17(2,3)24(16(25)31)7-4-8-32(28,29)30-15(23)27/h5-6H,4,7-8H2,1-3H3,(H2,23,27). The minimum atomic E-state index is -4.83. The third kappa shape index (κ3) is 4.78. The van der Waals surface area contributed by atoms with Gasteiger partial charge >= 0.3 is 22.4 Å². The first-order valence-corrected chi connectivity index (χ1v) is 11.0. The van der Waals surface area contributed by atoms with E-state index in [0.717, 1.165) is 17.9 Å². The number of thiocarbonyl (C=S) groups is 1. The van der Waals surface area contributed by atoms with Crippen LogP contribution in [-0.2, 0) is 25.3 Å². The van der Waals surface area contributed by atoms with Crippen LogP contribution in [0.3, 0.4) is 0 Å². The van der Waals surface area contributed by atoms with Crippen molar-refractivity contribution in [1.29, 1.82) is 5.26 Å². The van der Waals surface area contributed by atoms with Gasteiger partial charge in [-0.05, 0) is 57.1 Å². The van der Waals surface area contributed by atoms with E-state index in [1.54, 1.807) is 0 Å². The largest absolute Gasteiger partial charge is 0.420 e. The quantitative estimate of drug-likeness (QED) is 0.473. The summed E-state index contributed by atoms with van der Waals surface area (Å²) in [7, 11) is -4.24. The summed E-state index contributed by atoms with van der Waals surface area (Å²) in [6, 6.07) is 3.66. The van der Waals surface area contributed by atoms with E-state index in [-0.39, 0.29) is 29.3 Å². The lowest BCUT2D eigenvalue weighted by atomic mass is 9.98. The molecular weight excluding hydrogens is 473 g/mol. The maximum atomic E-state index is 13.6. The van der Waals surface area contributed by atoms with E-state index in [2.05, 4.69) is 4.18 Å². The molecule has 0 spiro atoms. The van der Waals surface area contributed by atoms with Crippen LogP contribution in [0, 0.1) is 18.3 Å². The molecule has 1 aliphatic rings. The Kier molecular flexibility index (Phi) is 6.77. The highest BCUT2D eigenvalue weighted by atomic mass is 32.2. The molecule has 0 unspecified atom stereocenters. The number of halogens is 3. The van der Waals surface area contributed by atoms with Crippen molar-refractivity contribution >= 4 is 45.1 Å². The summed E-state index contributed by atoms with van der Waals surface area (Å²) in [6.45, 7) is 4.04. The molecule has 32 heavy (non-hydrogen) atoms. The number of alkyl halides is 3. The van der Waals surface area contributed by atoms with E-state index in [9.17, 15) is 31.2 Å². The van der Waals surface area contributed by atoms with Crippen molar-refractivity contribution in [2.45, 2.75) is 38.9 Å². The second-order valence-electron chi connectivity index (χ2n) is 7.39. The molecule has 1 heterocycles. The highest BCUT2D eigenvalue weighted by Gasteiger charge is 2.50. The fraction of sp³-hybridized carbons (Fsp3) is 0.444. The minimum absolute atomic E-state index is 0.0725. The van der Waals surface area contributed by atoms with Crippen LogP contribution in [0.5, 0.6) is 0 Å². The summed E-state index contributed by atoms with van der Waals surface area (Å²) < 4.78 is 68.0. The van der Waals surface area contributed by atoms with Crippen LogP contribution in [-0.4, -0.2) is 48.3 Å². The van der Waals surface area contributed by atoms with E-state index in [1.807, 2.05) is 0 Å². The number of hydrogen-bond acceptors (Lipinski definition) is 7. The molecule has 2 rings (SSSR count). The number of amides is 2. The molecule has 0 aliphatic carbocycles. The zero-order valence-electron chi connectivity index (χ0n) is 17.2. The Bertz CT molecular complexity index is 1130. The van der Waals surface area contributed by atoms with Crippen LogP contribution in [0.25, 0.3) is 0 Å². The Morgan fingerprint density at radius 3 is 2.44 bits per heavy atom. The number of nitrogens with zero attached hydrogens (tertiary/aromatic N) is 3. The molecule has 1 fully saturated rings. The number of anilines is 1. The molecule has 0 aromatic heterocycles.